The van der Waals surface area contributed by atoms with Crippen LogP contribution >= 0.6 is 0 Å². The predicted octanol–water partition coefficient (Wildman–Crippen LogP) is 2.02. The number of rotatable bonds is 2. The summed E-state index contributed by atoms with van der Waals surface area (Å²) in [7, 11) is 0. The van der Waals surface area contributed by atoms with Gasteiger partial charge in [0.2, 0.25) is 0 Å². The lowest BCUT2D eigenvalue weighted by molar-refractivity contribution is 1.01. The van der Waals surface area contributed by atoms with Gasteiger partial charge in [0.25, 0.3) is 0 Å². The maximum absolute atomic E-state index is 8.04. The van der Waals surface area contributed by atoms with Gasteiger partial charge in [0.05, 0.1) is 5.56 Å². The van der Waals surface area contributed by atoms with Crippen LogP contribution < -0.4 is 5.73 Å². The molecule has 0 saturated heterocycles. The summed E-state index contributed by atoms with van der Waals surface area (Å²) in [6.07, 6.45) is 2.22. The minimum absolute atomic E-state index is 0.378. The number of anilines is 1. The van der Waals surface area contributed by atoms with Crippen LogP contribution in [0.25, 0.3) is 10.4 Å². The smallest absolute Gasteiger partial charge is 0.139 e. The van der Waals surface area contributed by atoms with Crippen LogP contribution in [0.15, 0.2) is 17.4 Å². The maximum atomic E-state index is 8.04. The highest BCUT2D eigenvalue weighted by Crippen LogP contribution is 2.08. The Hall–Kier alpha value is -2.18. The Kier molecular flexibility index (Phi) is 4.02. The molecule has 5 nitrogen and oxygen atoms in total. The minimum atomic E-state index is 0.378. The number of hydrogen-bond donors (Lipinski definition) is 1. The first-order chi connectivity index (χ1) is 7.24. The van der Waals surface area contributed by atoms with E-state index >= 15 is 0 Å². The molecule has 0 aromatic carbocycles. The SMILES string of the molecule is Cc1cnc(N)c(C#CCCN=[N+]=[N-])c1. The van der Waals surface area contributed by atoms with Crippen molar-refractivity contribution < 1.29 is 0 Å². The van der Waals surface area contributed by atoms with Crippen LogP contribution in [0.4, 0.5) is 5.82 Å². The van der Waals surface area contributed by atoms with E-state index < -0.39 is 0 Å². The maximum Gasteiger partial charge on any atom is 0.139 e. The second-order valence-electron chi connectivity index (χ2n) is 2.95. The van der Waals surface area contributed by atoms with E-state index in [1.54, 1.807) is 6.20 Å². The third kappa shape index (κ3) is 3.59. The van der Waals surface area contributed by atoms with E-state index in [-0.39, 0.29) is 0 Å². The monoisotopic (exact) mass is 201 g/mol. The molecule has 76 valence electrons. The molecule has 1 aromatic rings. The van der Waals surface area contributed by atoms with E-state index in [1.807, 2.05) is 13.0 Å². The highest BCUT2D eigenvalue weighted by Gasteiger charge is 1.95. The number of azide groups is 1. The topological polar surface area (TPSA) is 87.7 Å². The van der Waals surface area contributed by atoms with Crippen molar-refractivity contribution in [3.8, 4) is 11.8 Å². The molecule has 2 N–H and O–H groups in total. The summed E-state index contributed by atoms with van der Waals surface area (Å²) in [4.78, 5) is 6.62. The number of nitrogens with zero attached hydrogens (tertiary/aromatic N) is 4. The molecule has 0 aliphatic carbocycles. The summed E-state index contributed by atoms with van der Waals surface area (Å²) in [5.41, 5.74) is 15.4. The van der Waals surface area contributed by atoms with Gasteiger partial charge in [-0.3, -0.25) is 0 Å². The fourth-order valence-corrected chi connectivity index (χ4v) is 0.988. The molecular weight excluding hydrogens is 190 g/mol. The molecule has 0 aliphatic heterocycles. The van der Waals surface area contributed by atoms with E-state index in [0.717, 1.165) is 11.1 Å². The third-order valence-corrected chi connectivity index (χ3v) is 1.68. The fourth-order valence-electron chi connectivity index (χ4n) is 0.988. The zero-order chi connectivity index (χ0) is 11.1. The zero-order valence-electron chi connectivity index (χ0n) is 8.44. The largest absolute Gasteiger partial charge is 0.383 e. The Bertz CT molecular complexity index is 449. The Morgan fingerprint density at radius 1 is 1.67 bits per heavy atom. The van der Waals surface area contributed by atoms with Crippen LogP contribution in [-0.4, -0.2) is 11.5 Å². The Balaban J connectivity index is 2.70. The summed E-state index contributed by atoms with van der Waals surface area (Å²) in [5.74, 6) is 6.19. The Morgan fingerprint density at radius 3 is 3.20 bits per heavy atom. The number of pyridine rings is 1. The van der Waals surface area contributed by atoms with Crippen molar-refractivity contribution in [3.63, 3.8) is 0 Å². The standard InChI is InChI=1S/C10H11N5/c1-8-6-9(10(11)13-7-8)4-2-3-5-14-15-12/h6-7H,3,5H2,1H3,(H2,11,13). The van der Waals surface area contributed by atoms with E-state index in [2.05, 4.69) is 26.9 Å². The zero-order valence-corrected chi connectivity index (χ0v) is 8.44. The van der Waals surface area contributed by atoms with E-state index in [9.17, 15) is 0 Å². The lowest BCUT2D eigenvalue weighted by Gasteiger charge is -1.97. The van der Waals surface area contributed by atoms with Crippen molar-refractivity contribution in [2.24, 2.45) is 5.11 Å². The van der Waals surface area contributed by atoms with Gasteiger partial charge in [-0.15, -0.1) is 0 Å². The molecule has 1 heterocycles. The van der Waals surface area contributed by atoms with Crippen LogP contribution in [0.5, 0.6) is 0 Å². The lowest BCUT2D eigenvalue weighted by Crippen LogP contribution is -1.94. The first-order valence-corrected chi connectivity index (χ1v) is 4.46. The molecule has 1 rings (SSSR count). The second-order valence-corrected chi connectivity index (χ2v) is 2.95. The molecule has 0 atom stereocenters. The normalized spacial score (nSPS) is 8.60. The highest BCUT2D eigenvalue weighted by molar-refractivity contribution is 5.51. The van der Waals surface area contributed by atoms with Crippen LogP contribution in [0.1, 0.15) is 17.5 Å². The fraction of sp³-hybridized carbons (Fsp3) is 0.300. The summed E-state index contributed by atoms with van der Waals surface area (Å²) >= 11 is 0. The molecule has 0 amide bonds. The Labute approximate surface area is 87.9 Å². The van der Waals surface area contributed by atoms with Gasteiger partial charge in [-0.2, -0.15) is 0 Å². The van der Waals surface area contributed by atoms with Gasteiger partial charge in [-0.25, -0.2) is 4.98 Å². The number of nitrogen functional groups attached to an aromatic ring is 1. The van der Waals surface area contributed by atoms with Gasteiger partial charge in [0.15, 0.2) is 0 Å². The molecule has 0 saturated carbocycles. The number of aromatic nitrogens is 1. The molecular formula is C10H11N5. The van der Waals surface area contributed by atoms with Gasteiger partial charge < -0.3 is 5.73 Å². The first-order valence-electron chi connectivity index (χ1n) is 4.46. The molecule has 0 radical (unpaired) electrons. The van der Waals surface area contributed by atoms with Gasteiger partial charge in [0, 0.05) is 24.1 Å². The predicted molar refractivity (Wildman–Crippen MR) is 58.9 cm³/mol. The minimum Gasteiger partial charge on any atom is -0.383 e. The summed E-state index contributed by atoms with van der Waals surface area (Å²) in [6, 6.07) is 1.88. The van der Waals surface area contributed by atoms with E-state index in [0.29, 0.717) is 18.8 Å². The average Bonchev–Trinajstić information content (AvgIpc) is 2.23. The summed E-state index contributed by atoms with van der Waals surface area (Å²) in [6.45, 7) is 2.31. The molecule has 5 heteroatoms. The van der Waals surface area contributed by atoms with Crippen LogP contribution in [0.2, 0.25) is 0 Å². The van der Waals surface area contributed by atoms with Crippen molar-refractivity contribution in [2.45, 2.75) is 13.3 Å². The van der Waals surface area contributed by atoms with Crippen molar-refractivity contribution in [3.05, 3.63) is 33.8 Å². The molecule has 0 unspecified atom stereocenters. The molecule has 0 fully saturated rings. The van der Waals surface area contributed by atoms with Crippen LogP contribution in [-0.2, 0) is 0 Å². The average molecular weight is 201 g/mol. The second kappa shape index (κ2) is 5.53. The number of nitrogens with two attached hydrogens (primary N) is 1. The quantitative estimate of drug-likeness (QED) is 0.261. The Morgan fingerprint density at radius 2 is 2.47 bits per heavy atom. The van der Waals surface area contributed by atoms with Crippen molar-refractivity contribution >= 4 is 5.82 Å². The third-order valence-electron chi connectivity index (χ3n) is 1.68. The molecule has 15 heavy (non-hydrogen) atoms. The molecule has 0 spiro atoms. The van der Waals surface area contributed by atoms with Crippen molar-refractivity contribution in [1.82, 2.24) is 4.98 Å². The molecule has 1 aromatic heterocycles. The van der Waals surface area contributed by atoms with Crippen molar-refractivity contribution in [2.75, 3.05) is 12.3 Å². The van der Waals surface area contributed by atoms with Gasteiger partial charge in [-0.1, -0.05) is 17.0 Å². The molecule has 0 aliphatic rings. The highest BCUT2D eigenvalue weighted by atomic mass is 15.1. The summed E-state index contributed by atoms with van der Waals surface area (Å²) in [5, 5.41) is 3.37. The van der Waals surface area contributed by atoms with Crippen LogP contribution in [0, 0.1) is 18.8 Å². The van der Waals surface area contributed by atoms with Gasteiger partial charge in [0.1, 0.15) is 5.82 Å². The molecule has 0 bridgehead atoms. The van der Waals surface area contributed by atoms with Crippen molar-refractivity contribution in [1.29, 1.82) is 0 Å². The first kappa shape index (κ1) is 10.9. The van der Waals surface area contributed by atoms with Crippen LogP contribution in [0.3, 0.4) is 0 Å². The number of aryl methyl sites for hydroxylation is 1. The van der Waals surface area contributed by atoms with E-state index in [1.165, 1.54) is 0 Å². The lowest BCUT2D eigenvalue weighted by atomic mass is 10.2. The van der Waals surface area contributed by atoms with Gasteiger partial charge >= 0.3 is 0 Å². The summed E-state index contributed by atoms with van der Waals surface area (Å²) < 4.78 is 0. The number of hydrogen-bond acceptors (Lipinski definition) is 3. The van der Waals surface area contributed by atoms with Gasteiger partial charge in [-0.05, 0) is 24.1 Å². The van der Waals surface area contributed by atoms with E-state index in [4.69, 9.17) is 11.3 Å².